The first-order valence-corrected chi connectivity index (χ1v) is 8.76. The molecule has 0 radical (unpaired) electrons. The van der Waals surface area contributed by atoms with Crippen LogP contribution in [0.15, 0.2) is 18.2 Å². The minimum atomic E-state index is -0.685. The van der Waals surface area contributed by atoms with E-state index < -0.39 is 5.91 Å². The van der Waals surface area contributed by atoms with Gasteiger partial charge in [0.25, 0.3) is 11.8 Å². The predicted molar refractivity (Wildman–Crippen MR) is 111 cm³/mol. The highest BCUT2D eigenvalue weighted by Gasteiger charge is 2.25. The lowest BCUT2D eigenvalue weighted by Crippen LogP contribution is -2.18. The van der Waals surface area contributed by atoms with Gasteiger partial charge in [-0.1, -0.05) is 5.92 Å². The largest absolute Gasteiger partial charge is 0.497 e. The molecule has 1 fully saturated rings. The molecule has 2 aromatic rings. The number of nitrogens with zero attached hydrogens (tertiary/aromatic N) is 2. The quantitative estimate of drug-likeness (QED) is 0.526. The smallest absolute Gasteiger partial charge is 0.255 e. The van der Waals surface area contributed by atoms with E-state index in [1.54, 1.807) is 29.9 Å². The van der Waals surface area contributed by atoms with Gasteiger partial charge in [-0.3, -0.25) is 9.59 Å². The van der Waals surface area contributed by atoms with Gasteiger partial charge >= 0.3 is 0 Å². The highest BCUT2D eigenvalue weighted by molar-refractivity contribution is 5.99. The van der Waals surface area contributed by atoms with Crippen LogP contribution in [-0.4, -0.2) is 48.8 Å². The van der Waals surface area contributed by atoms with Gasteiger partial charge in [0.15, 0.2) is 5.69 Å². The summed E-state index contributed by atoms with van der Waals surface area (Å²) >= 11 is 0. The van der Waals surface area contributed by atoms with Crippen molar-refractivity contribution in [3.05, 3.63) is 40.6 Å². The van der Waals surface area contributed by atoms with Crippen molar-refractivity contribution in [1.82, 2.24) is 20.4 Å². The third-order valence-electron chi connectivity index (χ3n) is 4.53. The molecule has 2 heterocycles. The Morgan fingerprint density at radius 3 is 2.69 bits per heavy atom. The number of nitrogens with one attached hydrogen (secondary N) is 2. The molecule has 29 heavy (non-hydrogen) atoms. The molecule has 1 aliphatic heterocycles. The molecule has 1 saturated heterocycles. The van der Waals surface area contributed by atoms with Crippen molar-refractivity contribution in [2.75, 3.05) is 33.0 Å². The third-order valence-corrected chi connectivity index (χ3v) is 4.53. The van der Waals surface area contributed by atoms with Crippen LogP contribution < -0.4 is 26.8 Å². The van der Waals surface area contributed by atoms with E-state index in [9.17, 15) is 9.59 Å². The summed E-state index contributed by atoms with van der Waals surface area (Å²) in [6.45, 7) is 1.56. The number of anilines is 1. The van der Waals surface area contributed by atoms with Crippen LogP contribution in [0.1, 0.15) is 44.4 Å². The van der Waals surface area contributed by atoms with Crippen molar-refractivity contribution in [2.45, 2.75) is 12.5 Å². The van der Waals surface area contributed by atoms with E-state index in [2.05, 4.69) is 27.6 Å². The van der Waals surface area contributed by atoms with Crippen molar-refractivity contribution >= 4 is 30.0 Å². The summed E-state index contributed by atoms with van der Waals surface area (Å²) in [7, 11) is 3.04. The number of nitrogen functional groups attached to an aromatic ring is 1. The van der Waals surface area contributed by atoms with E-state index >= 15 is 0 Å². The summed E-state index contributed by atoms with van der Waals surface area (Å²) in [5.74, 6) is 5.53. The lowest BCUT2D eigenvalue weighted by atomic mass is 10.1. The van der Waals surface area contributed by atoms with E-state index in [1.807, 2.05) is 0 Å². The summed E-state index contributed by atoms with van der Waals surface area (Å²) in [4.78, 5) is 23.8. The Morgan fingerprint density at radius 2 is 2.10 bits per heavy atom. The van der Waals surface area contributed by atoms with E-state index in [-0.39, 0.29) is 41.4 Å². The Bertz CT molecular complexity index is 986. The van der Waals surface area contributed by atoms with E-state index in [1.165, 1.54) is 7.11 Å². The average molecular weight is 419 g/mol. The highest BCUT2D eigenvalue weighted by Crippen LogP contribution is 2.24. The van der Waals surface area contributed by atoms with Gasteiger partial charge in [-0.05, 0) is 37.1 Å². The van der Waals surface area contributed by atoms with Crippen LogP contribution in [0.2, 0.25) is 0 Å². The first-order valence-electron chi connectivity index (χ1n) is 8.76. The summed E-state index contributed by atoms with van der Waals surface area (Å²) in [6, 6.07) is 4.97. The predicted octanol–water partition coefficient (Wildman–Crippen LogP) is 0.288. The topological polar surface area (TPSA) is 137 Å². The van der Waals surface area contributed by atoms with Gasteiger partial charge in [-0.2, -0.15) is 5.10 Å². The second kappa shape index (κ2) is 9.32. The van der Waals surface area contributed by atoms with Gasteiger partial charge in [0, 0.05) is 24.7 Å². The fourth-order valence-electron chi connectivity index (χ4n) is 3.10. The molecule has 10 heteroatoms. The van der Waals surface area contributed by atoms with Crippen molar-refractivity contribution in [3.8, 4) is 17.6 Å². The number of amides is 2. The molecule has 9 nitrogen and oxygen atoms in total. The number of carbonyl (C=O) groups is 2. The van der Waals surface area contributed by atoms with Gasteiger partial charge in [-0.25, -0.2) is 4.68 Å². The zero-order chi connectivity index (χ0) is 20.3. The number of benzene rings is 1. The fraction of sp³-hybridized carbons (Fsp3) is 0.316. The lowest BCUT2D eigenvalue weighted by molar-refractivity contribution is 0.0961. The van der Waals surface area contributed by atoms with Crippen LogP contribution in [0.4, 0.5) is 5.82 Å². The maximum atomic E-state index is 11.9. The molecule has 0 aliphatic carbocycles. The Hall–Kier alpha value is -3.22. The normalized spacial score (nSPS) is 15.0. The molecular formula is C19H23ClN6O3. The molecule has 0 saturated carbocycles. The molecule has 2 amide bonds. The van der Waals surface area contributed by atoms with Gasteiger partial charge in [0.05, 0.1) is 13.2 Å². The van der Waals surface area contributed by atoms with Crippen molar-refractivity contribution in [3.63, 3.8) is 0 Å². The van der Waals surface area contributed by atoms with Gasteiger partial charge in [0.1, 0.15) is 17.1 Å². The van der Waals surface area contributed by atoms with Crippen molar-refractivity contribution < 1.29 is 14.3 Å². The molecule has 0 spiro atoms. The summed E-state index contributed by atoms with van der Waals surface area (Å²) in [5, 5.41) is 10.2. The minimum Gasteiger partial charge on any atom is -0.497 e. The summed E-state index contributed by atoms with van der Waals surface area (Å²) in [6.07, 6.45) is 0.850. The first-order chi connectivity index (χ1) is 13.4. The van der Waals surface area contributed by atoms with E-state index in [4.69, 9.17) is 16.2 Å². The molecule has 1 aliphatic rings. The number of rotatable bonds is 4. The average Bonchev–Trinajstić information content (AvgIpc) is 3.32. The van der Waals surface area contributed by atoms with E-state index in [0.29, 0.717) is 23.4 Å². The molecule has 1 unspecified atom stereocenters. The van der Waals surface area contributed by atoms with Crippen molar-refractivity contribution in [2.24, 2.45) is 5.73 Å². The number of hydrogen-bond donors (Lipinski definition) is 4. The zero-order valence-corrected chi connectivity index (χ0v) is 16.9. The second-order valence-electron chi connectivity index (χ2n) is 6.34. The summed E-state index contributed by atoms with van der Waals surface area (Å²) in [5.41, 5.74) is 12.9. The number of ether oxygens (including phenoxy) is 1. The molecule has 6 N–H and O–H groups in total. The molecule has 1 aromatic carbocycles. The zero-order valence-electron chi connectivity index (χ0n) is 16.1. The van der Waals surface area contributed by atoms with Gasteiger partial charge in [0.2, 0.25) is 0 Å². The molecule has 1 aromatic heterocycles. The Balaban J connectivity index is 0.00000300. The Labute approximate surface area is 174 Å². The van der Waals surface area contributed by atoms with Crippen molar-refractivity contribution in [1.29, 1.82) is 0 Å². The number of aromatic nitrogens is 2. The molecule has 3 rings (SSSR count). The second-order valence-corrected chi connectivity index (χ2v) is 6.34. The monoisotopic (exact) mass is 418 g/mol. The van der Waals surface area contributed by atoms with Crippen LogP contribution in [0.5, 0.6) is 5.75 Å². The maximum absolute atomic E-state index is 11.9. The molecular weight excluding hydrogens is 396 g/mol. The number of carbonyl (C=O) groups excluding carboxylic acids is 2. The molecule has 0 bridgehead atoms. The number of primary amides is 1. The number of halogens is 1. The minimum absolute atomic E-state index is 0. The lowest BCUT2D eigenvalue weighted by Gasteiger charge is -2.10. The SMILES string of the molecule is CNC(=O)c1cc(C#Cc2nn(C3CCNC3)c(N)c2C(N)=O)cc(OC)c1.Cl. The number of methoxy groups -OCH3 is 1. The fourth-order valence-corrected chi connectivity index (χ4v) is 3.10. The van der Waals surface area contributed by atoms with Crippen LogP contribution >= 0.6 is 12.4 Å². The molecule has 154 valence electrons. The van der Waals surface area contributed by atoms with Crippen LogP contribution in [0.25, 0.3) is 0 Å². The Morgan fingerprint density at radius 1 is 1.34 bits per heavy atom. The number of hydrogen-bond acceptors (Lipinski definition) is 6. The third kappa shape index (κ3) is 4.62. The Kier molecular flexibility index (Phi) is 7.09. The molecule has 1 atom stereocenters. The van der Waals surface area contributed by atoms with Gasteiger partial charge < -0.3 is 26.8 Å². The van der Waals surface area contributed by atoms with Crippen LogP contribution in [-0.2, 0) is 0 Å². The van der Waals surface area contributed by atoms with Gasteiger partial charge in [-0.15, -0.1) is 12.4 Å². The van der Waals surface area contributed by atoms with E-state index in [0.717, 1.165) is 13.0 Å². The van der Waals surface area contributed by atoms with Crippen LogP contribution in [0, 0.1) is 11.8 Å². The first kappa shape index (κ1) is 22.1. The van der Waals surface area contributed by atoms with Crippen LogP contribution in [0.3, 0.4) is 0 Å². The standard InChI is InChI=1S/C19H22N6O3.ClH/c1-22-19(27)12-7-11(8-14(9-12)28-2)3-4-15-16(18(21)26)17(20)25(24-15)13-5-6-23-10-13;/h7-9,13,23H,5-6,10,20H2,1-2H3,(H2,21,26)(H,22,27);1H. The maximum Gasteiger partial charge on any atom is 0.255 e. The number of nitrogens with two attached hydrogens (primary N) is 2. The summed E-state index contributed by atoms with van der Waals surface area (Å²) < 4.78 is 6.83. The highest BCUT2D eigenvalue weighted by atomic mass is 35.5.